The second-order valence-electron chi connectivity index (χ2n) is 6.79. The van der Waals surface area contributed by atoms with Crippen molar-refractivity contribution in [1.29, 1.82) is 0 Å². The quantitative estimate of drug-likeness (QED) is 0.738. The van der Waals surface area contributed by atoms with Gasteiger partial charge in [-0.25, -0.2) is 4.98 Å². The van der Waals surface area contributed by atoms with Crippen molar-refractivity contribution in [1.82, 2.24) is 20.1 Å². The first-order chi connectivity index (χ1) is 13.7. The number of piperazine rings is 1. The maximum Gasteiger partial charge on any atom is 0.254 e. The van der Waals surface area contributed by atoms with Crippen LogP contribution in [-0.4, -0.2) is 66.4 Å². The van der Waals surface area contributed by atoms with Gasteiger partial charge in [0.15, 0.2) is 0 Å². The molecule has 0 spiro atoms. The van der Waals surface area contributed by atoms with Crippen molar-refractivity contribution in [2.24, 2.45) is 0 Å². The molecule has 0 radical (unpaired) electrons. The summed E-state index contributed by atoms with van der Waals surface area (Å²) in [5, 5.41) is 5.53. The molecule has 0 unspecified atom stereocenters. The van der Waals surface area contributed by atoms with Crippen LogP contribution in [0.1, 0.15) is 10.4 Å². The van der Waals surface area contributed by atoms with E-state index in [1.165, 1.54) is 0 Å². The number of carbonyl (C=O) groups excluding carboxylic acids is 2. The van der Waals surface area contributed by atoms with Crippen molar-refractivity contribution in [3.05, 3.63) is 53.4 Å². The van der Waals surface area contributed by atoms with Gasteiger partial charge < -0.3 is 10.2 Å². The fraction of sp³-hybridized carbons (Fsp3) is 0.286. The van der Waals surface area contributed by atoms with E-state index in [1.54, 1.807) is 18.4 Å². The number of rotatable bonds is 4. The zero-order valence-corrected chi connectivity index (χ0v) is 16.5. The monoisotopic (exact) mass is 394 g/mol. The van der Waals surface area contributed by atoms with Gasteiger partial charge in [-0.2, -0.15) is 0 Å². The van der Waals surface area contributed by atoms with Gasteiger partial charge in [0.1, 0.15) is 0 Å². The van der Waals surface area contributed by atoms with E-state index in [1.807, 2.05) is 52.7 Å². The number of fused-ring (bicyclic) bond motifs is 1. The molecule has 6 nitrogen and oxygen atoms in total. The largest absolute Gasteiger partial charge is 0.358 e. The molecular weight excluding hydrogens is 372 g/mol. The maximum absolute atomic E-state index is 13.3. The lowest BCUT2D eigenvalue weighted by Crippen LogP contribution is -2.50. The topological polar surface area (TPSA) is 65.5 Å². The smallest absolute Gasteiger partial charge is 0.254 e. The lowest BCUT2D eigenvalue weighted by Gasteiger charge is -2.34. The minimum Gasteiger partial charge on any atom is -0.358 e. The zero-order valence-electron chi connectivity index (χ0n) is 15.7. The highest BCUT2D eigenvalue weighted by molar-refractivity contribution is 7.13. The van der Waals surface area contributed by atoms with Crippen LogP contribution in [0.2, 0.25) is 0 Å². The first-order valence-corrected chi connectivity index (χ1v) is 10.2. The van der Waals surface area contributed by atoms with E-state index < -0.39 is 0 Å². The van der Waals surface area contributed by atoms with Gasteiger partial charge in [0, 0.05) is 38.6 Å². The molecular formula is C21H22N4O2S. The Hall–Kier alpha value is -2.77. The molecule has 1 N–H and O–H groups in total. The summed E-state index contributed by atoms with van der Waals surface area (Å²) in [4.78, 5) is 34.6. The van der Waals surface area contributed by atoms with Crippen LogP contribution in [-0.2, 0) is 4.79 Å². The fourth-order valence-corrected chi connectivity index (χ4v) is 4.15. The van der Waals surface area contributed by atoms with Crippen LogP contribution in [0.3, 0.4) is 0 Å². The number of hydrogen-bond acceptors (Lipinski definition) is 5. The number of para-hydroxylation sites is 1. The van der Waals surface area contributed by atoms with Crippen molar-refractivity contribution < 1.29 is 9.59 Å². The van der Waals surface area contributed by atoms with Crippen molar-refractivity contribution in [3.8, 4) is 10.6 Å². The molecule has 1 fully saturated rings. The van der Waals surface area contributed by atoms with E-state index in [4.69, 9.17) is 4.98 Å². The van der Waals surface area contributed by atoms with E-state index in [-0.39, 0.29) is 11.8 Å². The van der Waals surface area contributed by atoms with Gasteiger partial charge in [-0.3, -0.25) is 14.5 Å². The van der Waals surface area contributed by atoms with Gasteiger partial charge in [0.25, 0.3) is 5.91 Å². The van der Waals surface area contributed by atoms with Gasteiger partial charge in [0.05, 0.1) is 28.2 Å². The summed E-state index contributed by atoms with van der Waals surface area (Å²) in [6.07, 6.45) is 0. The summed E-state index contributed by atoms with van der Waals surface area (Å²) in [6.45, 7) is 2.99. The Morgan fingerprint density at radius 2 is 1.89 bits per heavy atom. The number of amides is 2. The summed E-state index contributed by atoms with van der Waals surface area (Å²) in [5.41, 5.74) is 2.35. The van der Waals surface area contributed by atoms with E-state index in [0.717, 1.165) is 21.5 Å². The highest BCUT2D eigenvalue weighted by Gasteiger charge is 2.25. The number of pyridine rings is 1. The number of carbonyl (C=O) groups is 2. The molecule has 28 heavy (non-hydrogen) atoms. The van der Waals surface area contributed by atoms with Gasteiger partial charge in [-0.1, -0.05) is 24.3 Å². The van der Waals surface area contributed by atoms with Gasteiger partial charge >= 0.3 is 0 Å². The lowest BCUT2D eigenvalue weighted by molar-refractivity contribution is -0.122. The average Bonchev–Trinajstić information content (AvgIpc) is 3.28. The second-order valence-corrected chi connectivity index (χ2v) is 7.74. The van der Waals surface area contributed by atoms with Gasteiger partial charge in [-0.15, -0.1) is 11.3 Å². The summed E-state index contributed by atoms with van der Waals surface area (Å²) >= 11 is 1.62. The summed E-state index contributed by atoms with van der Waals surface area (Å²) in [5.74, 6) is 0.0245. The van der Waals surface area contributed by atoms with Crippen LogP contribution < -0.4 is 5.32 Å². The Balaban J connectivity index is 1.60. The maximum atomic E-state index is 13.3. The number of thiophene rings is 1. The van der Waals surface area contributed by atoms with E-state index in [0.29, 0.717) is 38.3 Å². The standard InChI is InChI=1S/C21H22N4O2S/c1-22-20(26)14-24-8-10-25(11-9-24)21(27)16-13-18(19-7-4-12-28-19)23-17-6-3-2-5-15(16)17/h2-7,12-13H,8-11,14H2,1H3,(H,22,26). The van der Waals surface area contributed by atoms with Crippen LogP contribution in [0.4, 0.5) is 0 Å². The molecule has 3 aromatic rings. The van der Waals surface area contributed by atoms with E-state index >= 15 is 0 Å². The lowest BCUT2D eigenvalue weighted by atomic mass is 10.1. The third-order valence-corrected chi connectivity index (χ3v) is 5.92. The third-order valence-electron chi connectivity index (χ3n) is 5.03. The first kappa shape index (κ1) is 18.6. The number of hydrogen-bond donors (Lipinski definition) is 1. The van der Waals surface area contributed by atoms with Crippen molar-refractivity contribution in [2.45, 2.75) is 0 Å². The van der Waals surface area contributed by atoms with Gasteiger partial charge in [-0.05, 0) is 23.6 Å². The van der Waals surface area contributed by atoms with Crippen molar-refractivity contribution in [2.75, 3.05) is 39.8 Å². The molecule has 7 heteroatoms. The molecule has 0 saturated carbocycles. The fourth-order valence-electron chi connectivity index (χ4n) is 3.46. The summed E-state index contributed by atoms with van der Waals surface area (Å²) < 4.78 is 0. The molecule has 144 valence electrons. The van der Waals surface area contributed by atoms with E-state index in [9.17, 15) is 9.59 Å². The third kappa shape index (κ3) is 3.76. The highest BCUT2D eigenvalue weighted by Crippen LogP contribution is 2.28. The van der Waals surface area contributed by atoms with Crippen LogP contribution in [0.5, 0.6) is 0 Å². The van der Waals surface area contributed by atoms with Crippen molar-refractivity contribution >= 4 is 34.1 Å². The number of aromatic nitrogens is 1. The Morgan fingerprint density at radius 3 is 2.61 bits per heavy atom. The number of nitrogens with zero attached hydrogens (tertiary/aromatic N) is 3. The van der Waals surface area contributed by atoms with Crippen molar-refractivity contribution in [3.63, 3.8) is 0 Å². The Labute approximate surface area is 167 Å². The van der Waals surface area contributed by atoms with Crippen LogP contribution in [0, 0.1) is 0 Å². The Kier molecular flexibility index (Phi) is 5.36. The second kappa shape index (κ2) is 8.08. The molecule has 2 amide bonds. The highest BCUT2D eigenvalue weighted by atomic mass is 32.1. The summed E-state index contributed by atoms with van der Waals surface area (Å²) in [7, 11) is 1.64. The Bertz CT molecular complexity index is 995. The van der Waals surface area contributed by atoms with Crippen LogP contribution in [0.25, 0.3) is 21.5 Å². The molecule has 0 aliphatic carbocycles. The van der Waals surface area contributed by atoms with Crippen LogP contribution >= 0.6 is 11.3 Å². The molecule has 3 heterocycles. The summed E-state index contributed by atoms with van der Waals surface area (Å²) in [6, 6.07) is 13.7. The minimum atomic E-state index is 0.000457. The average molecular weight is 395 g/mol. The zero-order chi connectivity index (χ0) is 19.5. The SMILES string of the molecule is CNC(=O)CN1CCN(C(=O)c2cc(-c3cccs3)nc3ccccc23)CC1. The van der Waals surface area contributed by atoms with Crippen LogP contribution in [0.15, 0.2) is 47.8 Å². The number of benzene rings is 1. The minimum absolute atomic E-state index is 0.000457. The van der Waals surface area contributed by atoms with E-state index in [2.05, 4.69) is 10.2 Å². The molecule has 0 atom stereocenters. The molecule has 2 aromatic heterocycles. The molecule has 1 aliphatic heterocycles. The first-order valence-electron chi connectivity index (χ1n) is 9.31. The number of likely N-dealkylation sites (N-methyl/N-ethyl adjacent to an activating group) is 1. The predicted molar refractivity (Wildman–Crippen MR) is 111 cm³/mol. The number of nitrogens with one attached hydrogen (secondary N) is 1. The molecule has 1 aromatic carbocycles. The molecule has 1 aliphatic rings. The molecule has 1 saturated heterocycles. The molecule has 0 bridgehead atoms. The molecule has 4 rings (SSSR count). The Morgan fingerprint density at radius 1 is 1.11 bits per heavy atom. The predicted octanol–water partition coefficient (Wildman–Crippen LogP) is 2.47. The van der Waals surface area contributed by atoms with Gasteiger partial charge in [0.2, 0.25) is 5.91 Å². The normalized spacial score (nSPS) is 15.0.